The van der Waals surface area contributed by atoms with Crippen molar-refractivity contribution in [2.75, 3.05) is 11.9 Å². The molecule has 8 nitrogen and oxygen atoms in total. The summed E-state index contributed by atoms with van der Waals surface area (Å²) in [6.45, 7) is 1.78. The Balaban J connectivity index is 1.87. The molecule has 3 rings (SSSR count). The van der Waals surface area contributed by atoms with Gasteiger partial charge in [-0.25, -0.2) is 10.2 Å². The first kappa shape index (κ1) is 25.1. The van der Waals surface area contributed by atoms with Crippen LogP contribution in [0.25, 0.3) is 0 Å². The molecule has 0 spiro atoms. The number of hydrogen-bond donors (Lipinski definition) is 3. The van der Waals surface area contributed by atoms with E-state index in [1.807, 2.05) is 0 Å². The Bertz CT molecular complexity index is 1250. The molecule has 0 fully saturated rings. The number of furan rings is 1. The third-order valence-corrected chi connectivity index (χ3v) is 5.73. The van der Waals surface area contributed by atoms with Gasteiger partial charge in [0.1, 0.15) is 16.3 Å². The Labute approximate surface area is 215 Å². The van der Waals surface area contributed by atoms with Crippen LogP contribution in [0.3, 0.4) is 0 Å². The zero-order valence-corrected chi connectivity index (χ0v) is 21.5. The van der Waals surface area contributed by atoms with Gasteiger partial charge < -0.3 is 19.6 Å². The van der Waals surface area contributed by atoms with Gasteiger partial charge in [0.2, 0.25) is 5.88 Å². The van der Waals surface area contributed by atoms with Gasteiger partial charge in [-0.3, -0.25) is 4.79 Å². The highest BCUT2D eigenvalue weighted by molar-refractivity contribution is 9.11. The highest BCUT2D eigenvalue weighted by Gasteiger charge is 2.26. The first-order valence-electron chi connectivity index (χ1n) is 9.24. The smallest absolute Gasteiger partial charge is 0.345 e. The van der Waals surface area contributed by atoms with Crippen molar-refractivity contribution in [3.63, 3.8) is 0 Å². The van der Waals surface area contributed by atoms with Crippen molar-refractivity contribution in [3.05, 3.63) is 72.3 Å². The number of amides is 1. The van der Waals surface area contributed by atoms with E-state index >= 15 is 0 Å². The van der Waals surface area contributed by atoms with E-state index in [2.05, 4.69) is 47.7 Å². The minimum atomic E-state index is -0.705. The van der Waals surface area contributed by atoms with Crippen LogP contribution in [0.2, 0.25) is 10.0 Å². The maximum atomic E-state index is 12.4. The van der Waals surface area contributed by atoms with E-state index in [4.69, 9.17) is 32.4 Å². The maximum absolute atomic E-state index is 12.4. The number of aromatic hydroxyl groups is 1. The molecule has 33 heavy (non-hydrogen) atoms. The molecule has 0 radical (unpaired) electrons. The van der Waals surface area contributed by atoms with Gasteiger partial charge in [0.25, 0.3) is 5.91 Å². The molecule has 3 N–H and O–H groups in total. The molecule has 12 heteroatoms. The average molecular weight is 620 g/mol. The zero-order valence-electron chi connectivity index (χ0n) is 16.8. The molecule has 0 aliphatic rings. The summed E-state index contributed by atoms with van der Waals surface area (Å²) in [5.41, 5.74) is 2.75. The molecule has 0 saturated heterocycles. The minimum absolute atomic E-state index is 0.0100. The lowest BCUT2D eigenvalue weighted by molar-refractivity contribution is 0.0527. The summed E-state index contributed by atoms with van der Waals surface area (Å²) < 4.78 is 11.6. The Kier molecular flexibility index (Phi) is 8.41. The fourth-order valence-electron chi connectivity index (χ4n) is 2.63. The van der Waals surface area contributed by atoms with E-state index in [0.717, 1.165) is 6.21 Å². The molecular formula is C21H15Br2Cl2N3O5. The van der Waals surface area contributed by atoms with Gasteiger partial charge in [-0.2, -0.15) is 5.10 Å². The number of benzene rings is 2. The number of nitrogens with one attached hydrogen (secondary N) is 2. The summed E-state index contributed by atoms with van der Waals surface area (Å²) in [5, 5.41) is 17.2. The number of carbonyl (C=O) groups excluding carboxylic acids is 2. The van der Waals surface area contributed by atoms with Crippen molar-refractivity contribution < 1.29 is 23.8 Å². The standard InChI is InChI=1S/C21H15Br2Cl2N3O5/c1-2-32-21(31)16-17(25)15(33-20(16)27-12-5-3-4-11(24)8-12)9-26-28-19(30)13-6-10(22)7-14(23)18(13)29/h3-9,27,29H,2H2,1H3,(H,28,30)/b26-9-. The predicted molar refractivity (Wildman–Crippen MR) is 133 cm³/mol. The SMILES string of the molecule is CCOC(=O)c1c(Nc2cccc(Cl)c2)oc(/C=N\NC(=O)c2cc(Br)cc(Br)c2O)c1Cl. The van der Waals surface area contributed by atoms with Crippen LogP contribution < -0.4 is 10.7 Å². The number of esters is 1. The number of halogens is 4. The zero-order chi connectivity index (χ0) is 24.1. The van der Waals surface area contributed by atoms with Gasteiger partial charge >= 0.3 is 5.97 Å². The number of hydrazone groups is 1. The maximum Gasteiger partial charge on any atom is 0.345 e. The van der Waals surface area contributed by atoms with Crippen LogP contribution in [0.1, 0.15) is 33.4 Å². The quantitative estimate of drug-likeness (QED) is 0.158. The van der Waals surface area contributed by atoms with Crippen molar-refractivity contribution in [2.45, 2.75) is 6.92 Å². The van der Waals surface area contributed by atoms with Crippen LogP contribution in [-0.2, 0) is 4.74 Å². The molecule has 1 aromatic heterocycles. The lowest BCUT2D eigenvalue weighted by Crippen LogP contribution is -2.17. The Morgan fingerprint density at radius 1 is 1.24 bits per heavy atom. The second-order valence-electron chi connectivity index (χ2n) is 6.32. The second kappa shape index (κ2) is 11.1. The largest absolute Gasteiger partial charge is 0.506 e. The molecule has 1 amide bonds. The minimum Gasteiger partial charge on any atom is -0.506 e. The Morgan fingerprint density at radius 2 is 2.00 bits per heavy atom. The van der Waals surface area contributed by atoms with E-state index in [1.54, 1.807) is 37.3 Å². The monoisotopic (exact) mass is 617 g/mol. The first-order chi connectivity index (χ1) is 15.7. The van der Waals surface area contributed by atoms with Crippen molar-refractivity contribution in [1.29, 1.82) is 0 Å². The highest BCUT2D eigenvalue weighted by atomic mass is 79.9. The number of anilines is 2. The van der Waals surface area contributed by atoms with Gasteiger partial charge in [0.15, 0.2) is 5.76 Å². The number of rotatable bonds is 7. The lowest BCUT2D eigenvalue weighted by atomic mass is 10.2. The number of nitrogens with zero attached hydrogens (tertiary/aromatic N) is 1. The van der Waals surface area contributed by atoms with Crippen molar-refractivity contribution >= 4 is 84.7 Å². The fourth-order valence-corrected chi connectivity index (χ4v) is 4.30. The van der Waals surface area contributed by atoms with E-state index in [9.17, 15) is 14.7 Å². The van der Waals surface area contributed by atoms with E-state index in [-0.39, 0.29) is 40.2 Å². The summed E-state index contributed by atoms with van der Waals surface area (Å²) in [5.74, 6) is -1.63. The van der Waals surface area contributed by atoms with Crippen molar-refractivity contribution in [1.82, 2.24) is 5.43 Å². The van der Waals surface area contributed by atoms with E-state index < -0.39 is 11.9 Å². The normalized spacial score (nSPS) is 10.9. The van der Waals surface area contributed by atoms with Crippen LogP contribution in [0, 0.1) is 0 Å². The van der Waals surface area contributed by atoms with Gasteiger partial charge in [0.05, 0.1) is 22.9 Å². The number of ether oxygens (including phenoxy) is 1. The topological polar surface area (TPSA) is 113 Å². The van der Waals surface area contributed by atoms with Gasteiger partial charge in [-0.15, -0.1) is 0 Å². The summed E-state index contributed by atoms with van der Waals surface area (Å²) >= 11 is 18.8. The molecule has 0 saturated carbocycles. The number of carbonyl (C=O) groups is 2. The van der Waals surface area contributed by atoms with E-state index in [0.29, 0.717) is 19.7 Å². The molecule has 172 valence electrons. The summed E-state index contributed by atoms with van der Waals surface area (Å²) in [4.78, 5) is 24.8. The second-order valence-corrected chi connectivity index (χ2v) is 8.91. The number of phenolic OH excluding ortho intramolecular Hbond substituents is 1. The van der Waals surface area contributed by atoms with Crippen LogP contribution >= 0.6 is 55.1 Å². The van der Waals surface area contributed by atoms with Gasteiger partial charge in [-0.1, -0.05) is 45.2 Å². The van der Waals surface area contributed by atoms with Gasteiger partial charge in [-0.05, 0) is 53.2 Å². The average Bonchev–Trinajstić information content (AvgIpc) is 3.05. The third-order valence-electron chi connectivity index (χ3n) is 4.06. The molecule has 0 aliphatic carbocycles. The Morgan fingerprint density at radius 3 is 2.70 bits per heavy atom. The summed E-state index contributed by atoms with van der Waals surface area (Å²) in [6.07, 6.45) is 1.12. The molecule has 0 bridgehead atoms. The summed E-state index contributed by atoms with van der Waals surface area (Å²) in [7, 11) is 0. The van der Waals surface area contributed by atoms with Gasteiger partial charge in [0, 0.05) is 15.2 Å². The molecule has 3 aromatic rings. The molecule has 2 aromatic carbocycles. The lowest BCUT2D eigenvalue weighted by Gasteiger charge is -2.06. The number of phenols is 1. The van der Waals surface area contributed by atoms with Crippen LogP contribution in [0.5, 0.6) is 5.75 Å². The fraction of sp³-hybridized carbons (Fsp3) is 0.0952. The molecule has 0 unspecified atom stereocenters. The summed E-state index contributed by atoms with van der Waals surface area (Å²) in [6, 6.07) is 9.76. The van der Waals surface area contributed by atoms with Crippen molar-refractivity contribution in [3.8, 4) is 5.75 Å². The highest BCUT2D eigenvalue weighted by Crippen LogP contribution is 2.34. The van der Waals surface area contributed by atoms with Crippen LogP contribution in [0.4, 0.5) is 11.6 Å². The molecular weight excluding hydrogens is 605 g/mol. The molecule has 1 heterocycles. The first-order valence-corrected chi connectivity index (χ1v) is 11.6. The van der Waals surface area contributed by atoms with E-state index in [1.165, 1.54) is 6.07 Å². The number of hydrogen-bond acceptors (Lipinski definition) is 7. The molecule has 0 atom stereocenters. The third kappa shape index (κ3) is 6.08. The van der Waals surface area contributed by atoms with Crippen molar-refractivity contribution in [2.24, 2.45) is 5.10 Å². The van der Waals surface area contributed by atoms with Crippen LogP contribution in [0.15, 0.2) is 54.9 Å². The predicted octanol–water partition coefficient (Wildman–Crippen LogP) is 6.50. The Hall–Kier alpha value is -2.53. The molecule has 0 aliphatic heterocycles. The van der Waals surface area contributed by atoms with Crippen LogP contribution in [-0.4, -0.2) is 29.8 Å².